The lowest BCUT2D eigenvalue weighted by molar-refractivity contribution is -0.132. The number of aliphatic hydroxyl groups is 1. The van der Waals surface area contributed by atoms with E-state index in [9.17, 15) is 19.5 Å². The van der Waals surface area contributed by atoms with Gasteiger partial charge < -0.3 is 14.6 Å². The van der Waals surface area contributed by atoms with Gasteiger partial charge >= 0.3 is 5.97 Å². The molecule has 5 rings (SSSR count). The average molecular weight is 562 g/mol. The summed E-state index contributed by atoms with van der Waals surface area (Å²) in [6.07, 6.45) is 0.817. The largest absolute Gasteiger partial charge is 0.507 e. The Kier molecular flexibility index (Phi) is 8.20. The zero-order valence-electron chi connectivity index (χ0n) is 23.7. The van der Waals surface area contributed by atoms with Crippen LogP contribution >= 0.6 is 0 Å². The van der Waals surface area contributed by atoms with Crippen molar-refractivity contribution in [3.05, 3.63) is 130 Å². The first kappa shape index (κ1) is 28.4. The van der Waals surface area contributed by atoms with E-state index in [1.54, 1.807) is 54.6 Å². The molecule has 212 valence electrons. The van der Waals surface area contributed by atoms with Crippen molar-refractivity contribution >= 4 is 29.1 Å². The number of hydrogen-bond donors (Lipinski definition) is 1. The lowest BCUT2D eigenvalue weighted by Gasteiger charge is -2.26. The molecule has 1 unspecified atom stereocenters. The van der Waals surface area contributed by atoms with Gasteiger partial charge in [-0.25, -0.2) is 0 Å². The number of carbonyl (C=O) groups excluding carboxylic acids is 3. The summed E-state index contributed by atoms with van der Waals surface area (Å²) < 4.78 is 11.3. The van der Waals surface area contributed by atoms with Crippen LogP contribution in [-0.4, -0.2) is 22.8 Å². The molecule has 1 N–H and O–H groups in total. The highest BCUT2D eigenvalue weighted by Crippen LogP contribution is 2.43. The molecule has 42 heavy (non-hydrogen) atoms. The molecule has 7 heteroatoms. The van der Waals surface area contributed by atoms with E-state index in [0.29, 0.717) is 29.2 Å². The molecule has 0 aliphatic carbocycles. The Bertz CT molecular complexity index is 1670. The minimum atomic E-state index is -0.956. The SMILES string of the molecule is CCc1ccc(N2C(=O)C(=O)/C(=C(/O)c3ccc(OCc4ccccc4)c(C)c3)C2c2cccc(OC(C)=O)c2)cc1. The van der Waals surface area contributed by atoms with E-state index < -0.39 is 23.7 Å². The third-order valence-electron chi connectivity index (χ3n) is 7.19. The van der Waals surface area contributed by atoms with Crippen LogP contribution in [0.25, 0.3) is 5.76 Å². The predicted octanol–water partition coefficient (Wildman–Crippen LogP) is 6.69. The normalized spacial score (nSPS) is 16.0. The van der Waals surface area contributed by atoms with E-state index in [2.05, 4.69) is 0 Å². The van der Waals surface area contributed by atoms with E-state index in [1.165, 1.54) is 11.8 Å². The van der Waals surface area contributed by atoms with E-state index in [-0.39, 0.29) is 17.1 Å². The molecule has 0 saturated carbocycles. The molecule has 0 radical (unpaired) electrons. The van der Waals surface area contributed by atoms with Gasteiger partial charge in [0.2, 0.25) is 0 Å². The molecule has 1 aliphatic heterocycles. The van der Waals surface area contributed by atoms with Crippen LogP contribution in [-0.2, 0) is 27.4 Å². The van der Waals surface area contributed by atoms with Crippen molar-refractivity contribution in [2.45, 2.75) is 39.8 Å². The number of ketones is 1. The summed E-state index contributed by atoms with van der Waals surface area (Å²) in [5, 5.41) is 11.6. The maximum Gasteiger partial charge on any atom is 0.308 e. The Hall–Kier alpha value is -5.17. The fourth-order valence-electron chi connectivity index (χ4n) is 5.07. The van der Waals surface area contributed by atoms with Crippen LogP contribution in [0.3, 0.4) is 0 Å². The van der Waals surface area contributed by atoms with Gasteiger partial charge in [0.1, 0.15) is 23.9 Å². The molecule has 1 atom stereocenters. The minimum absolute atomic E-state index is 0.0584. The van der Waals surface area contributed by atoms with Crippen LogP contribution in [0.15, 0.2) is 103 Å². The van der Waals surface area contributed by atoms with Gasteiger partial charge in [0.05, 0.1) is 11.6 Å². The fourth-order valence-corrected chi connectivity index (χ4v) is 5.07. The Morgan fingerprint density at radius 1 is 0.881 bits per heavy atom. The van der Waals surface area contributed by atoms with Crippen LogP contribution < -0.4 is 14.4 Å². The third kappa shape index (κ3) is 5.81. The highest BCUT2D eigenvalue weighted by atomic mass is 16.5. The van der Waals surface area contributed by atoms with Crippen molar-refractivity contribution in [3.63, 3.8) is 0 Å². The van der Waals surface area contributed by atoms with Crippen molar-refractivity contribution in [1.82, 2.24) is 0 Å². The van der Waals surface area contributed by atoms with Crippen molar-refractivity contribution in [2.75, 3.05) is 4.90 Å². The summed E-state index contributed by atoms with van der Waals surface area (Å²) in [6.45, 7) is 5.56. The first-order valence-electron chi connectivity index (χ1n) is 13.7. The molecule has 4 aromatic carbocycles. The van der Waals surface area contributed by atoms with Crippen molar-refractivity contribution < 1.29 is 29.0 Å². The number of benzene rings is 4. The quantitative estimate of drug-likeness (QED) is 0.0847. The monoisotopic (exact) mass is 561 g/mol. The fraction of sp³-hybridized carbons (Fsp3) is 0.171. The van der Waals surface area contributed by atoms with Gasteiger partial charge in [-0.3, -0.25) is 19.3 Å². The average Bonchev–Trinajstić information content (AvgIpc) is 3.26. The summed E-state index contributed by atoms with van der Waals surface area (Å²) in [5.41, 5.74) is 4.19. The molecular weight excluding hydrogens is 530 g/mol. The number of ether oxygens (including phenoxy) is 2. The molecule has 0 spiro atoms. The second-order valence-electron chi connectivity index (χ2n) is 10.1. The summed E-state index contributed by atoms with van der Waals surface area (Å²) in [4.78, 5) is 40.1. The molecule has 0 bridgehead atoms. The number of hydrogen-bond acceptors (Lipinski definition) is 6. The van der Waals surface area contributed by atoms with Crippen molar-refractivity contribution in [3.8, 4) is 11.5 Å². The number of carbonyl (C=O) groups is 3. The molecule has 1 fully saturated rings. The first-order valence-corrected chi connectivity index (χ1v) is 13.7. The highest BCUT2D eigenvalue weighted by Gasteiger charge is 2.47. The number of esters is 1. The molecule has 1 saturated heterocycles. The maximum absolute atomic E-state index is 13.6. The van der Waals surface area contributed by atoms with Crippen LogP contribution in [0.4, 0.5) is 5.69 Å². The van der Waals surface area contributed by atoms with E-state index >= 15 is 0 Å². The minimum Gasteiger partial charge on any atom is -0.507 e. The molecule has 1 heterocycles. The van der Waals surface area contributed by atoms with E-state index in [1.807, 2.05) is 56.3 Å². The number of nitrogens with zero attached hydrogens (tertiary/aromatic N) is 1. The smallest absolute Gasteiger partial charge is 0.308 e. The second-order valence-corrected chi connectivity index (χ2v) is 10.1. The predicted molar refractivity (Wildman–Crippen MR) is 160 cm³/mol. The highest BCUT2D eigenvalue weighted by molar-refractivity contribution is 6.51. The maximum atomic E-state index is 13.6. The zero-order valence-corrected chi connectivity index (χ0v) is 23.7. The topological polar surface area (TPSA) is 93.1 Å². The van der Waals surface area contributed by atoms with Crippen molar-refractivity contribution in [1.29, 1.82) is 0 Å². The third-order valence-corrected chi connectivity index (χ3v) is 7.19. The van der Waals surface area contributed by atoms with E-state index in [0.717, 1.165) is 23.1 Å². The number of rotatable bonds is 8. The summed E-state index contributed by atoms with van der Waals surface area (Å²) in [6, 6.07) is 28.0. The number of aryl methyl sites for hydroxylation is 2. The number of Topliss-reactive ketones (excluding diaryl/α,β-unsaturated/α-hetero) is 1. The van der Waals surface area contributed by atoms with Gasteiger partial charge in [0.25, 0.3) is 11.7 Å². The van der Waals surface area contributed by atoms with Crippen LogP contribution in [0.2, 0.25) is 0 Å². The molecule has 0 aromatic heterocycles. The Labute approximate surface area is 244 Å². The zero-order chi connectivity index (χ0) is 29.8. The second kappa shape index (κ2) is 12.1. The lowest BCUT2D eigenvalue weighted by atomic mass is 9.94. The van der Waals surface area contributed by atoms with Crippen LogP contribution in [0.5, 0.6) is 11.5 Å². The standard InChI is InChI=1S/C35H31NO6/c1-4-24-13-16-28(17-14-24)36-32(26-11-8-12-29(20-26)42-23(3)37)31(34(39)35(36)40)33(38)27-15-18-30(22(2)19-27)41-21-25-9-6-5-7-10-25/h5-20,32,38H,4,21H2,1-3H3/b33-31+. The van der Waals surface area contributed by atoms with Crippen LogP contribution in [0, 0.1) is 6.92 Å². The molecule has 4 aromatic rings. The molecule has 7 nitrogen and oxygen atoms in total. The Morgan fingerprint density at radius 3 is 2.29 bits per heavy atom. The molecular formula is C35H31NO6. The van der Waals surface area contributed by atoms with Gasteiger partial charge in [-0.15, -0.1) is 0 Å². The van der Waals surface area contributed by atoms with Gasteiger partial charge in [0, 0.05) is 18.2 Å². The summed E-state index contributed by atoms with van der Waals surface area (Å²) in [5.74, 6) is -1.47. The Morgan fingerprint density at radius 2 is 1.62 bits per heavy atom. The van der Waals surface area contributed by atoms with E-state index in [4.69, 9.17) is 9.47 Å². The number of amides is 1. The van der Waals surface area contributed by atoms with Crippen molar-refractivity contribution in [2.24, 2.45) is 0 Å². The first-order chi connectivity index (χ1) is 20.3. The van der Waals surface area contributed by atoms with Gasteiger partial charge in [-0.1, -0.05) is 61.5 Å². The molecule has 1 amide bonds. The lowest BCUT2D eigenvalue weighted by Crippen LogP contribution is -2.29. The summed E-state index contributed by atoms with van der Waals surface area (Å²) >= 11 is 0. The number of anilines is 1. The van der Waals surface area contributed by atoms with Gasteiger partial charge in [0.15, 0.2) is 0 Å². The number of aliphatic hydroxyl groups excluding tert-OH is 1. The van der Waals surface area contributed by atoms with Gasteiger partial charge in [-0.2, -0.15) is 0 Å². The van der Waals surface area contributed by atoms with Crippen LogP contribution in [0.1, 0.15) is 47.7 Å². The van der Waals surface area contributed by atoms with Gasteiger partial charge in [-0.05, 0) is 78.1 Å². The Balaban J connectivity index is 1.57. The summed E-state index contributed by atoms with van der Waals surface area (Å²) in [7, 11) is 0. The molecule has 1 aliphatic rings.